The van der Waals surface area contributed by atoms with E-state index in [1.54, 1.807) is 6.20 Å². The molecule has 0 aliphatic carbocycles. The van der Waals surface area contributed by atoms with Crippen LogP contribution < -0.4 is 5.32 Å². The van der Waals surface area contributed by atoms with Gasteiger partial charge < -0.3 is 10.1 Å². The van der Waals surface area contributed by atoms with Gasteiger partial charge in [-0.1, -0.05) is 0 Å². The molecule has 4 nitrogen and oxygen atoms in total. The standard InChI is InChI=1S/C11H13N3O/c1-8-9(4-6-15-8)14-10-3-2-5-13-11(10)7-12/h2-3,5,8-9,14H,4,6H2,1H3. The molecule has 0 spiro atoms. The summed E-state index contributed by atoms with van der Waals surface area (Å²) in [5.41, 5.74) is 1.24. The molecule has 2 atom stereocenters. The summed E-state index contributed by atoms with van der Waals surface area (Å²) in [6.45, 7) is 2.81. The van der Waals surface area contributed by atoms with Crippen LogP contribution in [0.15, 0.2) is 18.3 Å². The number of nitrogens with one attached hydrogen (secondary N) is 1. The Balaban J connectivity index is 2.14. The Morgan fingerprint density at radius 2 is 2.53 bits per heavy atom. The molecule has 2 unspecified atom stereocenters. The van der Waals surface area contributed by atoms with Crippen molar-refractivity contribution in [3.05, 3.63) is 24.0 Å². The molecule has 0 aromatic carbocycles. The normalized spacial score (nSPS) is 24.8. The lowest BCUT2D eigenvalue weighted by Gasteiger charge is -2.17. The summed E-state index contributed by atoms with van der Waals surface area (Å²) in [6, 6.07) is 6.04. The Kier molecular flexibility index (Phi) is 2.84. The van der Waals surface area contributed by atoms with E-state index in [0.717, 1.165) is 18.7 Å². The van der Waals surface area contributed by atoms with Crippen molar-refractivity contribution >= 4 is 5.69 Å². The van der Waals surface area contributed by atoms with Gasteiger partial charge in [0.2, 0.25) is 0 Å². The molecule has 2 heterocycles. The van der Waals surface area contributed by atoms with E-state index in [1.807, 2.05) is 19.1 Å². The van der Waals surface area contributed by atoms with Crippen molar-refractivity contribution in [1.29, 1.82) is 5.26 Å². The smallest absolute Gasteiger partial charge is 0.163 e. The second-order valence-electron chi connectivity index (χ2n) is 3.63. The van der Waals surface area contributed by atoms with Crippen LogP contribution in [0.4, 0.5) is 5.69 Å². The highest BCUT2D eigenvalue weighted by molar-refractivity contribution is 5.54. The van der Waals surface area contributed by atoms with Gasteiger partial charge in [0.25, 0.3) is 0 Å². The highest BCUT2D eigenvalue weighted by Gasteiger charge is 2.24. The quantitative estimate of drug-likeness (QED) is 0.792. The van der Waals surface area contributed by atoms with Crippen LogP contribution in [0.25, 0.3) is 0 Å². The predicted molar refractivity (Wildman–Crippen MR) is 56.4 cm³/mol. The van der Waals surface area contributed by atoms with E-state index in [-0.39, 0.29) is 12.1 Å². The molecular formula is C11H13N3O. The minimum Gasteiger partial charge on any atom is -0.377 e. The van der Waals surface area contributed by atoms with Crippen LogP contribution in [0.5, 0.6) is 0 Å². The van der Waals surface area contributed by atoms with E-state index in [0.29, 0.717) is 5.69 Å². The molecule has 1 aliphatic rings. The third-order valence-electron chi connectivity index (χ3n) is 2.63. The first-order valence-corrected chi connectivity index (χ1v) is 5.04. The number of anilines is 1. The summed E-state index contributed by atoms with van der Waals surface area (Å²) in [7, 11) is 0. The van der Waals surface area contributed by atoms with E-state index in [4.69, 9.17) is 10.00 Å². The van der Waals surface area contributed by atoms with Crippen LogP contribution in [0, 0.1) is 11.3 Å². The molecule has 2 rings (SSSR count). The molecule has 0 radical (unpaired) electrons. The molecule has 1 aliphatic heterocycles. The SMILES string of the molecule is CC1OCCC1Nc1cccnc1C#N. The van der Waals surface area contributed by atoms with Gasteiger partial charge in [-0.3, -0.25) is 0 Å². The minimum absolute atomic E-state index is 0.191. The number of hydrogen-bond acceptors (Lipinski definition) is 4. The van der Waals surface area contributed by atoms with E-state index in [1.165, 1.54) is 0 Å². The van der Waals surface area contributed by atoms with Gasteiger partial charge in [-0.15, -0.1) is 0 Å². The molecular weight excluding hydrogens is 190 g/mol. The predicted octanol–water partition coefficient (Wildman–Crippen LogP) is 1.54. The topological polar surface area (TPSA) is 57.9 Å². The lowest BCUT2D eigenvalue weighted by atomic mass is 10.1. The van der Waals surface area contributed by atoms with Crippen molar-refractivity contribution in [2.45, 2.75) is 25.5 Å². The Hall–Kier alpha value is -1.60. The van der Waals surface area contributed by atoms with Crippen LogP contribution in [0.2, 0.25) is 0 Å². The van der Waals surface area contributed by atoms with Crippen molar-refractivity contribution in [2.24, 2.45) is 0 Å². The number of hydrogen-bond donors (Lipinski definition) is 1. The monoisotopic (exact) mass is 203 g/mol. The van der Waals surface area contributed by atoms with Gasteiger partial charge in [0.05, 0.1) is 17.8 Å². The molecule has 4 heteroatoms. The van der Waals surface area contributed by atoms with E-state index in [2.05, 4.69) is 16.4 Å². The maximum atomic E-state index is 8.87. The van der Waals surface area contributed by atoms with Crippen molar-refractivity contribution in [1.82, 2.24) is 4.98 Å². The van der Waals surface area contributed by atoms with Crippen molar-refractivity contribution in [3.8, 4) is 6.07 Å². The van der Waals surface area contributed by atoms with Crippen molar-refractivity contribution in [3.63, 3.8) is 0 Å². The highest BCUT2D eigenvalue weighted by Crippen LogP contribution is 2.20. The number of aromatic nitrogens is 1. The van der Waals surface area contributed by atoms with E-state index < -0.39 is 0 Å². The Labute approximate surface area is 88.9 Å². The molecule has 15 heavy (non-hydrogen) atoms. The molecule has 1 saturated heterocycles. The molecule has 1 aromatic heterocycles. The maximum Gasteiger partial charge on any atom is 0.163 e. The van der Waals surface area contributed by atoms with Crippen LogP contribution in [0.1, 0.15) is 19.0 Å². The third kappa shape index (κ3) is 2.08. The zero-order valence-electron chi connectivity index (χ0n) is 8.60. The average molecular weight is 203 g/mol. The zero-order valence-corrected chi connectivity index (χ0v) is 8.60. The largest absolute Gasteiger partial charge is 0.377 e. The van der Waals surface area contributed by atoms with Gasteiger partial charge in [0.15, 0.2) is 5.69 Å². The second-order valence-corrected chi connectivity index (χ2v) is 3.63. The molecule has 1 fully saturated rings. The van der Waals surface area contributed by atoms with Gasteiger partial charge >= 0.3 is 0 Å². The van der Waals surface area contributed by atoms with E-state index in [9.17, 15) is 0 Å². The Morgan fingerprint density at radius 3 is 3.20 bits per heavy atom. The lowest BCUT2D eigenvalue weighted by molar-refractivity contribution is 0.121. The zero-order chi connectivity index (χ0) is 10.7. The number of nitriles is 1. The summed E-state index contributed by atoms with van der Waals surface area (Å²) in [6.07, 6.45) is 2.79. The average Bonchev–Trinajstić information content (AvgIpc) is 2.65. The maximum absolute atomic E-state index is 8.87. The van der Waals surface area contributed by atoms with E-state index >= 15 is 0 Å². The van der Waals surface area contributed by atoms with Gasteiger partial charge in [-0.2, -0.15) is 5.26 Å². The van der Waals surface area contributed by atoms with Gasteiger partial charge in [-0.05, 0) is 25.5 Å². The lowest BCUT2D eigenvalue weighted by Crippen LogP contribution is -2.27. The van der Waals surface area contributed by atoms with Crippen LogP contribution in [-0.2, 0) is 4.74 Å². The Morgan fingerprint density at radius 1 is 1.67 bits per heavy atom. The molecule has 1 N–H and O–H groups in total. The highest BCUT2D eigenvalue weighted by atomic mass is 16.5. The fourth-order valence-corrected chi connectivity index (χ4v) is 1.73. The minimum atomic E-state index is 0.191. The van der Waals surface area contributed by atoms with Crippen molar-refractivity contribution < 1.29 is 4.74 Å². The van der Waals surface area contributed by atoms with Gasteiger partial charge in [-0.25, -0.2) is 4.98 Å². The first-order valence-electron chi connectivity index (χ1n) is 5.04. The summed E-state index contributed by atoms with van der Waals surface area (Å²) in [5.74, 6) is 0. The second kappa shape index (κ2) is 4.28. The fraction of sp³-hybridized carbons (Fsp3) is 0.455. The summed E-state index contributed by atoms with van der Waals surface area (Å²) < 4.78 is 5.45. The number of pyridine rings is 1. The summed E-state index contributed by atoms with van der Waals surface area (Å²) in [4.78, 5) is 4.00. The van der Waals surface area contributed by atoms with Gasteiger partial charge in [0.1, 0.15) is 6.07 Å². The summed E-state index contributed by atoms with van der Waals surface area (Å²) >= 11 is 0. The fourth-order valence-electron chi connectivity index (χ4n) is 1.73. The molecule has 1 aromatic rings. The number of ether oxygens (including phenoxy) is 1. The van der Waals surface area contributed by atoms with Crippen LogP contribution in [-0.4, -0.2) is 23.7 Å². The number of nitrogens with zero attached hydrogens (tertiary/aromatic N) is 2. The van der Waals surface area contributed by atoms with Crippen LogP contribution in [0.3, 0.4) is 0 Å². The van der Waals surface area contributed by atoms with Gasteiger partial charge in [0, 0.05) is 12.8 Å². The molecule has 78 valence electrons. The summed E-state index contributed by atoms with van der Waals surface area (Å²) in [5, 5.41) is 12.2. The first-order chi connectivity index (χ1) is 7.31. The Bertz CT molecular complexity index is 386. The van der Waals surface area contributed by atoms with Crippen LogP contribution >= 0.6 is 0 Å². The molecule has 0 saturated carbocycles. The first kappa shape index (κ1) is 9.94. The molecule has 0 amide bonds. The van der Waals surface area contributed by atoms with Crippen molar-refractivity contribution in [2.75, 3.05) is 11.9 Å². The molecule has 0 bridgehead atoms. The number of rotatable bonds is 2. The third-order valence-corrected chi connectivity index (χ3v) is 2.63.